The van der Waals surface area contributed by atoms with Crippen LogP contribution in [0.5, 0.6) is 0 Å². The summed E-state index contributed by atoms with van der Waals surface area (Å²) in [6.45, 7) is 14.8. The van der Waals surface area contributed by atoms with E-state index < -0.39 is 12.1 Å². The number of nitrogens with zero attached hydrogens (tertiary/aromatic N) is 7. The predicted molar refractivity (Wildman–Crippen MR) is 289 cm³/mol. The molecule has 14 nitrogen and oxygen atoms in total. The van der Waals surface area contributed by atoms with E-state index in [2.05, 4.69) is 70.4 Å². The number of aromatic amines is 2. The van der Waals surface area contributed by atoms with Crippen LogP contribution in [-0.4, -0.2) is 129 Å². The number of carbonyl (C=O) groups excluding carboxylic acids is 2. The number of carboxylic acid groups (broad SMARTS) is 1. The quantitative estimate of drug-likeness (QED) is 0.106. The van der Waals surface area contributed by atoms with Crippen molar-refractivity contribution in [2.45, 2.75) is 97.1 Å². The molecule has 2 fully saturated rings. The van der Waals surface area contributed by atoms with Crippen molar-refractivity contribution >= 4 is 17.8 Å². The molecule has 2 aromatic heterocycles. The number of hydrogen-bond donors (Lipinski definition) is 4. The van der Waals surface area contributed by atoms with E-state index >= 15 is 0 Å². The Morgan fingerprint density at radius 1 is 0.615 bits per heavy atom. The average molecular weight is 1070 g/mol. The lowest BCUT2D eigenvalue weighted by Crippen LogP contribution is -2.38. The third kappa shape index (κ3) is 13.5. The molecule has 18 heteroatoms. The molecular formula is C60H66F4N10O4. The number of imidazole rings is 2. The molecule has 10 rings (SSSR count). The third-order valence-electron chi connectivity index (χ3n) is 15.5. The van der Waals surface area contributed by atoms with E-state index in [1.807, 2.05) is 72.2 Å². The number of aromatic nitrogens is 4. The normalized spacial score (nSPS) is 16.2. The molecule has 0 radical (unpaired) electrons. The number of H-pyrrole nitrogens is 2. The maximum absolute atomic E-state index is 13.6. The van der Waals surface area contributed by atoms with Crippen LogP contribution in [0.25, 0.3) is 22.8 Å². The number of carbonyl (C=O) groups is 3. The number of aryl methyl sites for hydroxylation is 4. The van der Waals surface area contributed by atoms with Gasteiger partial charge in [0.1, 0.15) is 18.3 Å². The summed E-state index contributed by atoms with van der Waals surface area (Å²) in [4.78, 5) is 59.0. The van der Waals surface area contributed by atoms with Gasteiger partial charge in [0.2, 0.25) is 0 Å². The number of benzene rings is 4. The molecule has 4 aliphatic rings. The fraction of sp³-hybridized carbons (Fsp3) is 0.417. The topological polar surface area (TPSA) is 198 Å². The number of fused-ring (bicyclic) bond motifs is 2. The monoisotopic (exact) mass is 1070 g/mol. The molecule has 2 saturated heterocycles. The molecule has 0 saturated carbocycles. The van der Waals surface area contributed by atoms with Gasteiger partial charge in [-0.25, -0.2) is 19.2 Å². The van der Waals surface area contributed by atoms with Gasteiger partial charge in [-0.3, -0.25) is 14.5 Å². The average Bonchev–Trinajstić information content (AvgIpc) is 3.98. The smallest absolute Gasteiger partial charge is 0.475 e. The van der Waals surface area contributed by atoms with Crippen LogP contribution < -0.4 is 5.32 Å². The second-order valence-electron chi connectivity index (χ2n) is 20.7. The number of halogens is 4. The van der Waals surface area contributed by atoms with Crippen molar-refractivity contribution in [3.63, 3.8) is 0 Å². The van der Waals surface area contributed by atoms with Gasteiger partial charge in [0.25, 0.3) is 11.8 Å². The minimum Gasteiger partial charge on any atom is -0.475 e. The van der Waals surface area contributed by atoms with Crippen LogP contribution >= 0.6 is 0 Å². The number of likely N-dealkylation sites (tertiary alicyclic amines) is 2. The molecule has 0 atom stereocenters. The number of alkyl halides is 4. The lowest BCUT2D eigenvalue weighted by atomic mass is 9.88. The maximum atomic E-state index is 13.6. The molecule has 2 amide bonds. The minimum absolute atomic E-state index is 0.0759. The first kappa shape index (κ1) is 56.5. The summed E-state index contributed by atoms with van der Waals surface area (Å²) in [5, 5.41) is 28.6. The highest BCUT2D eigenvalue weighted by atomic mass is 19.4. The van der Waals surface area contributed by atoms with Gasteiger partial charge in [-0.15, -0.1) is 0 Å². The highest BCUT2D eigenvalue weighted by Gasteiger charge is 2.38. The largest absolute Gasteiger partial charge is 0.490 e. The van der Waals surface area contributed by atoms with E-state index in [1.165, 1.54) is 16.8 Å². The number of aliphatic carboxylic acids is 1. The van der Waals surface area contributed by atoms with Gasteiger partial charge in [-0.2, -0.15) is 23.7 Å². The molecule has 4 aromatic carbocycles. The summed E-state index contributed by atoms with van der Waals surface area (Å²) in [6.07, 6.45) is 2.13. The number of hydrogen-bond acceptors (Lipinski definition) is 9. The van der Waals surface area contributed by atoms with Gasteiger partial charge >= 0.3 is 12.1 Å². The predicted octanol–water partition coefficient (Wildman–Crippen LogP) is 9.86. The first-order valence-corrected chi connectivity index (χ1v) is 26.7. The molecule has 0 spiro atoms. The van der Waals surface area contributed by atoms with Crippen LogP contribution in [0, 0.1) is 50.4 Å². The zero-order valence-corrected chi connectivity index (χ0v) is 44.6. The Bertz CT molecular complexity index is 3140. The number of piperidine rings is 2. The van der Waals surface area contributed by atoms with Crippen LogP contribution in [0.1, 0.15) is 126 Å². The SMILES string of the molecule is Cc1cc(C)c(-c2nc3c([nH]2)CCN(CCF)CC3)cc1C(=O)N1CCC(c2ccc(C#N)cc2)CC1.Cc1cc(C)c(-c2nc3c([nH]2)CCNCC3)cc1C(=O)N1CCC(c2ccc(C#N)cc2)CC1.O=C(O)C(F)(F)F. The fourth-order valence-corrected chi connectivity index (χ4v) is 11.0. The van der Waals surface area contributed by atoms with Gasteiger partial charge in [0, 0.05) is 118 Å². The van der Waals surface area contributed by atoms with E-state index in [4.69, 9.17) is 30.4 Å². The summed E-state index contributed by atoms with van der Waals surface area (Å²) >= 11 is 0. The van der Waals surface area contributed by atoms with E-state index in [1.54, 1.807) is 0 Å². The molecular weight excluding hydrogens is 1000 g/mol. The lowest BCUT2D eigenvalue weighted by Gasteiger charge is -2.32. The molecule has 6 aromatic rings. The summed E-state index contributed by atoms with van der Waals surface area (Å²) < 4.78 is 44.5. The van der Waals surface area contributed by atoms with Crippen LogP contribution in [0.2, 0.25) is 0 Å². The Labute approximate surface area is 452 Å². The highest BCUT2D eigenvalue weighted by molar-refractivity contribution is 5.98. The Kier molecular flexibility index (Phi) is 18.3. The Morgan fingerprint density at radius 3 is 1.45 bits per heavy atom. The lowest BCUT2D eigenvalue weighted by molar-refractivity contribution is -0.192. The Balaban J connectivity index is 0.000000184. The Morgan fingerprint density at radius 2 is 1.03 bits per heavy atom. The van der Waals surface area contributed by atoms with Crippen molar-refractivity contribution in [3.8, 4) is 34.9 Å². The van der Waals surface area contributed by atoms with Crippen molar-refractivity contribution in [2.75, 3.05) is 65.6 Å². The molecule has 4 aliphatic heterocycles. The van der Waals surface area contributed by atoms with E-state index in [9.17, 15) is 27.2 Å². The maximum Gasteiger partial charge on any atom is 0.490 e. The van der Waals surface area contributed by atoms with Crippen LogP contribution in [0.4, 0.5) is 17.6 Å². The summed E-state index contributed by atoms with van der Waals surface area (Å²) in [7, 11) is 0. The number of carboxylic acids is 1. The third-order valence-corrected chi connectivity index (χ3v) is 15.5. The second-order valence-corrected chi connectivity index (χ2v) is 20.7. The van der Waals surface area contributed by atoms with Gasteiger partial charge in [0.05, 0.1) is 34.7 Å². The van der Waals surface area contributed by atoms with E-state index in [-0.39, 0.29) is 18.5 Å². The first-order chi connectivity index (χ1) is 37.4. The number of nitriles is 2. The van der Waals surface area contributed by atoms with E-state index in [0.29, 0.717) is 29.5 Å². The van der Waals surface area contributed by atoms with Gasteiger partial charge in [-0.1, -0.05) is 36.4 Å². The molecule has 408 valence electrons. The molecule has 78 heavy (non-hydrogen) atoms. The number of amides is 2. The van der Waals surface area contributed by atoms with Crippen LogP contribution in [0.15, 0.2) is 72.8 Å². The standard InChI is InChI=1S/C30H34FN5O.C28H31N5O.C2HF3O2/c1-20-17-21(2)26(18-25(20)29-33-27-9-12-35(16-11-31)13-10-28(27)34-29)30(37)36-14-7-24(8-15-36)23-5-3-22(19-32)4-6-23;1-18-15-19(2)24(16-23(18)27-31-25-7-11-30-12-8-26(25)32-27)28(34)33-13-9-22(10-14-33)21-5-3-20(17-29)4-6-21;3-2(4,5)1(6)7/h3-6,17-18,24H,7-16H2,1-2H3,(H,33,34);3-6,15-16,22,30H,7-14H2,1-2H3,(H,31,32);(H,6,7). The highest BCUT2D eigenvalue weighted by Crippen LogP contribution is 2.34. The zero-order chi connectivity index (χ0) is 55.7. The van der Waals surface area contributed by atoms with Gasteiger partial charge in [-0.05, 0) is 135 Å². The number of nitrogens with one attached hydrogen (secondary N) is 3. The summed E-state index contributed by atoms with van der Waals surface area (Å²) in [5.74, 6) is -0.0489. The Hall–Kier alpha value is -7.67. The zero-order valence-electron chi connectivity index (χ0n) is 44.6. The van der Waals surface area contributed by atoms with Crippen molar-refractivity contribution in [1.82, 2.24) is 40.0 Å². The minimum atomic E-state index is -5.08. The molecule has 4 N–H and O–H groups in total. The molecule has 6 heterocycles. The first-order valence-electron chi connectivity index (χ1n) is 26.7. The second kappa shape index (κ2) is 25.2. The molecule has 0 aliphatic carbocycles. The van der Waals surface area contributed by atoms with Crippen molar-refractivity contribution in [3.05, 3.63) is 151 Å². The molecule has 0 bridgehead atoms. The summed E-state index contributed by atoms with van der Waals surface area (Å²) in [6, 6.07) is 28.3. The van der Waals surface area contributed by atoms with Crippen molar-refractivity contribution < 1.29 is 37.1 Å². The van der Waals surface area contributed by atoms with Crippen molar-refractivity contribution in [2.24, 2.45) is 0 Å². The number of rotatable bonds is 8. The van der Waals surface area contributed by atoms with E-state index in [0.717, 1.165) is 177 Å². The van der Waals surface area contributed by atoms with Crippen LogP contribution in [-0.2, 0) is 30.5 Å². The molecule has 0 unspecified atom stereocenters. The van der Waals surface area contributed by atoms with Crippen molar-refractivity contribution in [1.29, 1.82) is 10.5 Å². The van der Waals surface area contributed by atoms with Crippen LogP contribution in [0.3, 0.4) is 0 Å². The van der Waals surface area contributed by atoms with Gasteiger partial charge in [0.15, 0.2) is 0 Å². The van der Waals surface area contributed by atoms with Gasteiger partial charge < -0.3 is 30.2 Å². The fourth-order valence-electron chi connectivity index (χ4n) is 11.0. The summed E-state index contributed by atoms with van der Waals surface area (Å²) in [5.41, 5.74) is 16.1.